The van der Waals surface area contributed by atoms with Crippen molar-refractivity contribution in [2.24, 2.45) is 0 Å². The molecule has 2 N–H and O–H groups in total. The molecule has 0 aliphatic carbocycles. The maximum Gasteiger partial charge on any atom is 0.104 e. The summed E-state index contributed by atoms with van der Waals surface area (Å²) in [4.78, 5) is 0. The molecule has 2 rings (SSSR count). The van der Waals surface area contributed by atoms with Crippen LogP contribution in [0.3, 0.4) is 0 Å². The smallest absolute Gasteiger partial charge is 0.104 e. The molecule has 2 fully saturated rings. The maximum atomic E-state index is 3.45. The highest BCUT2D eigenvalue weighted by Gasteiger charge is 2.17. The predicted molar refractivity (Wildman–Crippen MR) is 57.1 cm³/mol. The van der Waals surface area contributed by atoms with Crippen molar-refractivity contribution >= 4 is 0 Å². The van der Waals surface area contributed by atoms with E-state index < -0.39 is 0 Å². The van der Waals surface area contributed by atoms with Crippen LogP contribution in [0.25, 0.3) is 0 Å². The first-order valence-electron chi connectivity index (χ1n) is 5.76. The standard InChI is InChI=1S/C10H21N4/c1-3-7-13(9-11-5-1)14-8-4-2-6-12-10-14/h9,11-12H,1-8,10H2. The quantitative estimate of drug-likeness (QED) is 0.635. The van der Waals surface area contributed by atoms with Gasteiger partial charge in [0.05, 0.1) is 6.67 Å². The van der Waals surface area contributed by atoms with Crippen molar-refractivity contribution in [1.29, 1.82) is 0 Å². The first-order valence-corrected chi connectivity index (χ1v) is 5.76. The third-order valence-corrected chi connectivity index (χ3v) is 2.88. The lowest BCUT2D eigenvalue weighted by Gasteiger charge is -2.32. The van der Waals surface area contributed by atoms with Gasteiger partial charge >= 0.3 is 0 Å². The van der Waals surface area contributed by atoms with E-state index in [0.29, 0.717) is 0 Å². The molecule has 0 aromatic rings. The third-order valence-electron chi connectivity index (χ3n) is 2.88. The highest BCUT2D eigenvalue weighted by atomic mass is 15.7. The Morgan fingerprint density at radius 2 is 1.79 bits per heavy atom. The summed E-state index contributed by atoms with van der Waals surface area (Å²) in [5, 5.41) is 11.5. The van der Waals surface area contributed by atoms with Gasteiger partial charge in [0.1, 0.15) is 6.67 Å². The molecule has 0 unspecified atom stereocenters. The average Bonchev–Trinajstić information content (AvgIpc) is 2.62. The minimum Gasteiger partial charge on any atom is -0.303 e. The molecule has 1 radical (unpaired) electrons. The summed E-state index contributed by atoms with van der Waals surface area (Å²) in [5.41, 5.74) is 0. The van der Waals surface area contributed by atoms with Crippen molar-refractivity contribution < 1.29 is 0 Å². The van der Waals surface area contributed by atoms with Crippen molar-refractivity contribution in [1.82, 2.24) is 20.7 Å². The molecular formula is C10H21N4. The Hall–Kier alpha value is -0.160. The molecule has 0 spiro atoms. The summed E-state index contributed by atoms with van der Waals surface area (Å²) in [6.45, 7) is 7.77. The van der Waals surface area contributed by atoms with Crippen molar-refractivity contribution in [3.05, 3.63) is 6.67 Å². The maximum absolute atomic E-state index is 3.45. The van der Waals surface area contributed by atoms with Gasteiger partial charge in [0.2, 0.25) is 0 Å². The normalized spacial score (nSPS) is 28.3. The zero-order valence-corrected chi connectivity index (χ0v) is 8.84. The van der Waals surface area contributed by atoms with Gasteiger partial charge in [-0.05, 0) is 38.8 Å². The second-order valence-electron chi connectivity index (χ2n) is 4.05. The zero-order valence-electron chi connectivity index (χ0n) is 8.84. The Bertz CT molecular complexity index is 128. The fourth-order valence-electron chi connectivity index (χ4n) is 2.01. The van der Waals surface area contributed by atoms with E-state index in [-0.39, 0.29) is 0 Å². The van der Waals surface area contributed by atoms with Crippen molar-refractivity contribution in [3.63, 3.8) is 0 Å². The number of hydrazine groups is 1. The van der Waals surface area contributed by atoms with Crippen molar-refractivity contribution in [3.8, 4) is 0 Å². The number of rotatable bonds is 1. The van der Waals surface area contributed by atoms with E-state index in [9.17, 15) is 0 Å². The molecule has 2 aliphatic rings. The van der Waals surface area contributed by atoms with Crippen LogP contribution in [0, 0.1) is 6.67 Å². The molecule has 2 aliphatic heterocycles. The zero-order chi connectivity index (χ0) is 9.64. The molecule has 14 heavy (non-hydrogen) atoms. The van der Waals surface area contributed by atoms with Crippen LogP contribution in [0.5, 0.6) is 0 Å². The van der Waals surface area contributed by atoms with Crippen LogP contribution in [0.2, 0.25) is 0 Å². The second kappa shape index (κ2) is 5.66. The molecule has 2 saturated heterocycles. The molecule has 81 valence electrons. The minimum absolute atomic E-state index is 0.998. The summed E-state index contributed by atoms with van der Waals surface area (Å²) in [6.07, 6.45) is 5.18. The number of nitrogens with one attached hydrogen (secondary N) is 2. The van der Waals surface area contributed by atoms with E-state index in [1.807, 2.05) is 0 Å². The lowest BCUT2D eigenvalue weighted by atomic mass is 10.3. The van der Waals surface area contributed by atoms with E-state index in [2.05, 4.69) is 27.3 Å². The fourth-order valence-corrected chi connectivity index (χ4v) is 2.01. The van der Waals surface area contributed by atoms with Gasteiger partial charge in [-0.3, -0.25) is 5.32 Å². The first kappa shape index (κ1) is 10.4. The highest BCUT2D eigenvalue weighted by molar-refractivity contribution is 4.71. The molecule has 0 aromatic carbocycles. The van der Waals surface area contributed by atoms with Gasteiger partial charge in [-0.15, -0.1) is 0 Å². The number of hydrogen-bond acceptors (Lipinski definition) is 4. The van der Waals surface area contributed by atoms with Gasteiger partial charge in [-0.25, -0.2) is 10.0 Å². The summed E-state index contributed by atoms with van der Waals surface area (Å²) in [7, 11) is 0. The Balaban J connectivity index is 1.83. The van der Waals surface area contributed by atoms with E-state index in [4.69, 9.17) is 0 Å². The van der Waals surface area contributed by atoms with Crippen LogP contribution >= 0.6 is 0 Å². The lowest BCUT2D eigenvalue weighted by Crippen LogP contribution is -2.46. The topological polar surface area (TPSA) is 30.5 Å². The summed E-state index contributed by atoms with van der Waals surface area (Å²) in [6, 6.07) is 0. The van der Waals surface area contributed by atoms with Gasteiger partial charge in [-0.1, -0.05) is 0 Å². The van der Waals surface area contributed by atoms with Crippen LogP contribution in [0.1, 0.15) is 25.7 Å². The summed E-state index contributed by atoms with van der Waals surface area (Å²) < 4.78 is 0. The van der Waals surface area contributed by atoms with Crippen molar-refractivity contribution in [2.45, 2.75) is 25.7 Å². The lowest BCUT2D eigenvalue weighted by molar-refractivity contribution is -0.00205. The second-order valence-corrected chi connectivity index (χ2v) is 4.05. The van der Waals surface area contributed by atoms with E-state index in [1.165, 1.54) is 32.2 Å². The largest absolute Gasteiger partial charge is 0.303 e. The van der Waals surface area contributed by atoms with Crippen LogP contribution in [0.15, 0.2) is 0 Å². The molecule has 0 saturated carbocycles. The molecule has 0 bridgehead atoms. The Morgan fingerprint density at radius 1 is 0.929 bits per heavy atom. The highest BCUT2D eigenvalue weighted by Crippen LogP contribution is 2.08. The fraction of sp³-hybridized carbons (Fsp3) is 0.900. The average molecular weight is 197 g/mol. The minimum atomic E-state index is 0.998. The van der Waals surface area contributed by atoms with Gasteiger partial charge in [-0.2, -0.15) is 0 Å². The van der Waals surface area contributed by atoms with Gasteiger partial charge in [0.25, 0.3) is 0 Å². The first-order chi connectivity index (χ1) is 6.97. The Labute approximate surface area is 86.6 Å². The summed E-state index contributed by atoms with van der Waals surface area (Å²) >= 11 is 0. The molecule has 4 nitrogen and oxygen atoms in total. The van der Waals surface area contributed by atoms with Crippen LogP contribution < -0.4 is 10.6 Å². The van der Waals surface area contributed by atoms with Crippen LogP contribution in [-0.2, 0) is 0 Å². The Morgan fingerprint density at radius 3 is 2.79 bits per heavy atom. The molecular weight excluding hydrogens is 176 g/mol. The number of hydrogen-bond donors (Lipinski definition) is 2. The molecule has 4 heteroatoms. The number of nitrogens with zero attached hydrogens (tertiary/aromatic N) is 2. The van der Waals surface area contributed by atoms with Crippen LogP contribution in [-0.4, -0.2) is 42.9 Å². The molecule has 0 aromatic heterocycles. The third kappa shape index (κ3) is 2.92. The van der Waals surface area contributed by atoms with Crippen LogP contribution in [0.4, 0.5) is 0 Å². The van der Waals surface area contributed by atoms with Crippen molar-refractivity contribution in [2.75, 3.05) is 32.8 Å². The molecule has 0 amide bonds. The predicted octanol–water partition coefficient (Wildman–Crippen LogP) is 0.349. The summed E-state index contributed by atoms with van der Waals surface area (Å²) in [5.74, 6) is 0. The van der Waals surface area contributed by atoms with Gasteiger partial charge in [0.15, 0.2) is 0 Å². The Kier molecular flexibility index (Phi) is 4.19. The van der Waals surface area contributed by atoms with Gasteiger partial charge < -0.3 is 5.32 Å². The van der Waals surface area contributed by atoms with E-state index in [1.54, 1.807) is 0 Å². The monoisotopic (exact) mass is 197 g/mol. The van der Waals surface area contributed by atoms with E-state index >= 15 is 0 Å². The SMILES string of the molecule is [CH]1NCCCCN1N1CCCCNC1. The molecule has 2 heterocycles. The van der Waals surface area contributed by atoms with E-state index in [0.717, 1.165) is 26.3 Å². The van der Waals surface area contributed by atoms with Gasteiger partial charge in [0, 0.05) is 13.1 Å². The molecule has 0 atom stereocenters.